The van der Waals surface area contributed by atoms with Gasteiger partial charge in [-0.25, -0.2) is 0 Å². The highest BCUT2D eigenvalue weighted by Crippen LogP contribution is 2.25. The van der Waals surface area contributed by atoms with E-state index in [0.717, 1.165) is 0 Å². The van der Waals surface area contributed by atoms with Crippen molar-refractivity contribution >= 4 is 5.69 Å². The lowest BCUT2D eigenvalue weighted by molar-refractivity contribution is -0.384. The molecule has 0 amide bonds. The molecule has 0 spiro atoms. The maximum atomic E-state index is 11.0. The molecule has 0 N–H and O–H groups in total. The van der Waals surface area contributed by atoms with E-state index in [1.54, 1.807) is 12.1 Å². The maximum Gasteiger partial charge on any atom is 0.270 e. The number of nitro benzene ring substituents is 1. The van der Waals surface area contributed by atoms with Crippen molar-refractivity contribution in [1.29, 1.82) is 0 Å². The fourth-order valence-electron chi connectivity index (χ4n) is 3.33. The first-order valence-corrected chi connectivity index (χ1v) is 9.49. The molecule has 150 valence electrons. The Balaban J connectivity index is 1.48. The van der Waals surface area contributed by atoms with E-state index in [0.29, 0.717) is 30.4 Å². The van der Waals surface area contributed by atoms with Crippen molar-refractivity contribution in [3.8, 4) is 22.5 Å². The number of rotatable bonds is 7. The van der Waals surface area contributed by atoms with Gasteiger partial charge in [0.05, 0.1) is 11.5 Å². The molecule has 4 aromatic rings. The summed E-state index contributed by atoms with van der Waals surface area (Å²) in [7, 11) is 1.99. The van der Waals surface area contributed by atoms with Gasteiger partial charge in [0, 0.05) is 24.2 Å². The number of hydrogen-bond donors (Lipinski definition) is 0. The summed E-state index contributed by atoms with van der Waals surface area (Å²) >= 11 is 0. The Bertz CT molecular complexity index is 1160. The van der Waals surface area contributed by atoms with Gasteiger partial charge in [0.15, 0.2) is 0 Å². The van der Waals surface area contributed by atoms with Gasteiger partial charge in [-0.2, -0.15) is 4.98 Å². The summed E-state index contributed by atoms with van der Waals surface area (Å²) in [6.45, 7) is 1.17. The number of benzene rings is 3. The Hall–Kier alpha value is -3.84. The zero-order chi connectivity index (χ0) is 20.9. The Kier molecular flexibility index (Phi) is 5.63. The Morgan fingerprint density at radius 3 is 2.47 bits per heavy atom. The molecule has 1 aromatic heterocycles. The second-order valence-corrected chi connectivity index (χ2v) is 7.01. The summed E-state index contributed by atoms with van der Waals surface area (Å²) in [6.07, 6.45) is 0. The van der Waals surface area contributed by atoms with E-state index in [9.17, 15) is 10.1 Å². The van der Waals surface area contributed by atoms with Crippen molar-refractivity contribution in [2.45, 2.75) is 13.1 Å². The number of nitro groups is 1. The molecule has 1 heterocycles. The molecule has 3 aromatic carbocycles. The van der Waals surface area contributed by atoms with Gasteiger partial charge in [-0.05, 0) is 23.7 Å². The summed E-state index contributed by atoms with van der Waals surface area (Å²) in [5, 5.41) is 15.0. The van der Waals surface area contributed by atoms with Crippen LogP contribution < -0.4 is 0 Å². The Labute approximate surface area is 173 Å². The van der Waals surface area contributed by atoms with E-state index in [4.69, 9.17) is 4.52 Å². The number of aromatic nitrogens is 2. The van der Waals surface area contributed by atoms with Crippen LogP contribution in [0, 0.1) is 10.1 Å². The highest BCUT2D eigenvalue weighted by molar-refractivity contribution is 5.67. The topological polar surface area (TPSA) is 85.3 Å². The van der Waals surface area contributed by atoms with Gasteiger partial charge in [-0.15, -0.1) is 0 Å². The maximum absolute atomic E-state index is 11.0. The van der Waals surface area contributed by atoms with Crippen molar-refractivity contribution in [3.05, 3.63) is 100 Å². The monoisotopic (exact) mass is 400 g/mol. The molecule has 30 heavy (non-hydrogen) atoms. The van der Waals surface area contributed by atoms with Crippen molar-refractivity contribution < 1.29 is 9.45 Å². The van der Waals surface area contributed by atoms with Crippen LogP contribution in [-0.4, -0.2) is 27.0 Å². The largest absolute Gasteiger partial charge is 0.338 e. The number of nitrogens with zero attached hydrogens (tertiary/aromatic N) is 4. The van der Waals surface area contributed by atoms with E-state index in [-0.39, 0.29) is 5.69 Å². The summed E-state index contributed by atoms with van der Waals surface area (Å²) in [5.41, 5.74) is 4.11. The molecule has 0 bridgehead atoms. The fraction of sp³-hybridized carbons (Fsp3) is 0.130. The van der Waals surface area contributed by atoms with Crippen LogP contribution in [0.15, 0.2) is 83.4 Å². The first kappa shape index (κ1) is 19.5. The molecule has 0 fully saturated rings. The molecular weight excluding hydrogens is 380 g/mol. The quantitative estimate of drug-likeness (QED) is 0.322. The summed E-state index contributed by atoms with van der Waals surface area (Å²) in [5.74, 6) is 0.794. The molecule has 0 radical (unpaired) electrons. The lowest BCUT2D eigenvalue weighted by atomic mass is 9.99. The van der Waals surface area contributed by atoms with Crippen LogP contribution in [0.2, 0.25) is 0 Å². The third-order valence-electron chi connectivity index (χ3n) is 4.73. The van der Waals surface area contributed by atoms with Crippen molar-refractivity contribution in [2.24, 2.45) is 0 Å². The molecule has 0 saturated carbocycles. The predicted octanol–water partition coefficient (Wildman–Crippen LogP) is 4.94. The molecule has 0 aliphatic carbocycles. The van der Waals surface area contributed by atoms with E-state index in [1.165, 1.54) is 28.8 Å². The molecule has 0 aliphatic heterocycles. The van der Waals surface area contributed by atoms with E-state index in [1.807, 2.05) is 37.4 Å². The molecule has 4 rings (SSSR count). The van der Waals surface area contributed by atoms with Crippen LogP contribution in [0.25, 0.3) is 22.5 Å². The number of non-ortho nitro benzene ring substituents is 1. The highest BCUT2D eigenvalue weighted by Gasteiger charge is 2.15. The minimum atomic E-state index is -0.442. The van der Waals surface area contributed by atoms with Gasteiger partial charge in [0.1, 0.15) is 0 Å². The molecule has 0 aliphatic rings. The third-order valence-corrected chi connectivity index (χ3v) is 4.73. The summed E-state index contributed by atoms with van der Waals surface area (Å²) in [4.78, 5) is 17.0. The van der Waals surface area contributed by atoms with Crippen LogP contribution in [0.3, 0.4) is 0 Å². The number of hydrogen-bond acceptors (Lipinski definition) is 6. The second-order valence-electron chi connectivity index (χ2n) is 7.01. The first-order chi connectivity index (χ1) is 14.6. The molecule has 0 saturated heterocycles. The standard InChI is InChI=1S/C23H20N4O3/c1-26(15-19-10-5-6-13-21(19)17-8-3-2-4-9-17)16-22-24-23(25-30-22)18-11-7-12-20(14-18)27(28)29/h2-14H,15-16H2,1H3. The molecule has 0 atom stereocenters. The van der Waals surface area contributed by atoms with Crippen LogP contribution in [-0.2, 0) is 13.1 Å². The van der Waals surface area contributed by atoms with E-state index in [2.05, 4.69) is 39.3 Å². The SMILES string of the molecule is CN(Cc1nc(-c2cccc([N+](=O)[O-])c2)no1)Cc1ccccc1-c1ccccc1. The minimum absolute atomic E-state index is 0.00603. The van der Waals surface area contributed by atoms with Gasteiger partial charge in [-0.1, -0.05) is 71.9 Å². The van der Waals surface area contributed by atoms with Crippen LogP contribution >= 0.6 is 0 Å². The third kappa shape index (κ3) is 4.42. The van der Waals surface area contributed by atoms with Crippen molar-refractivity contribution in [3.63, 3.8) is 0 Å². The van der Waals surface area contributed by atoms with Crippen LogP contribution in [0.1, 0.15) is 11.5 Å². The second kappa shape index (κ2) is 8.67. The zero-order valence-corrected chi connectivity index (χ0v) is 16.4. The first-order valence-electron chi connectivity index (χ1n) is 9.49. The highest BCUT2D eigenvalue weighted by atomic mass is 16.6. The molecule has 7 heteroatoms. The molecule has 0 unspecified atom stereocenters. The van der Waals surface area contributed by atoms with E-state index < -0.39 is 4.92 Å². The lowest BCUT2D eigenvalue weighted by Gasteiger charge is -2.17. The van der Waals surface area contributed by atoms with Gasteiger partial charge in [0.2, 0.25) is 11.7 Å². The van der Waals surface area contributed by atoms with Crippen molar-refractivity contribution in [1.82, 2.24) is 15.0 Å². The van der Waals surface area contributed by atoms with Gasteiger partial charge in [0.25, 0.3) is 5.69 Å². The fourth-order valence-corrected chi connectivity index (χ4v) is 3.33. The van der Waals surface area contributed by atoms with Crippen LogP contribution in [0.4, 0.5) is 5.69 Å². The summed E-state index contributed by atoms with van der Waals surface area (Å²) in [6, 6.07) is 24.8. The predicted molar refractivity (Wildman–Crippen MR) is 113 cm³/mol. The Morgan fingerprint density at radius 2 is 1.67 bits per heavy atom. The average Bonchev–Trinajstić information content (AvgIpc) is 3.23. The van der Waals surface area contributed by atoms with Gasteiger partial charge in [-0.3, -0.25) is 15.0 Å². The average molecular weight is 400 g/mol. The smallest absolute Gasteiger partial charge is 0.270 e. The normalized spacial score (nSPS) is 11.0. The van der Waals surface area contributed by atoms with E-state index >= 15 is 0 Å². The van der Waals surface area contributed by atoms with Gasteiger partial charge >= 0.3 is 0 Å². The Morgan fingerprint density at radius 1 is 0.933 bits per heavy atom. The summed E-state index contributed by atoms with van der Waals surface area (Å²) < 4.78 is 5.37. The van der Waals surface area contributed by atoms with Gasteiger partial charge < -0.3 is 4.52 Å². The van der Waals surface area contributed by atoms with Crippen molar-refractivity contribution in [2.75, 3.05) is 7.05 Å². The molecular formula is C23H20N4O3. The zero-order valence-electron chi connectivity index (χ0n) is 16.4. The minimum Gasteiger partial charge on any atom is -0.338 e. The molecule has 7 nitrogen and oxygen atoms in total. The lowest BCUT2D eigenvalue weighted by Crippen LogP contribution is -2.18. The van der Waals surface area contributed by atoms with Crippen LogP contribution in [0.5, 0.6) is 0 Å².